The number of hydrogen-bond acceptors (Lipinski definition) is 4. The Morgan fingerprint density at radius 2 is 1.57 bits per heavy atom. The summed E-state index contributed by atoms with van der Waals surface area (Å²) in [6, 6.07) is 23.1. The summed E-state index contributed by atoms with van der Waals surface area (Å²) < 4.78 is 0. The predicted octanol–water partition coefficient (Wildman–Crippen LogP) is 4.52. The molecule has 3 aromatic rings. The molecule has 0 amide bonds. The summed E-state index contributed by atoms with van der Waals surface area (Å²) in [4.78, 5) is 19.1. The highest BCUT2D eigenvalue weighted by molar-refractivity contribution is 7.09. The lowest BCUT2D eigenvalue weighted by Gasteiger charge is -2.20. The third kappa shape index (κ3) is 4.52. The normalized spacial score (nSPS) is 10.7. The summed E-state index contributed by atoms with van der Waals surface area (Å²) in [5, 5.41) is 3.73. The molecule has 0 saturated carbocycles. The molecule has 0 unspecified atom stereocenters. The second-order valence-electron chi connectivity index (χ2n) is 5.11. The summed E-state index contributed by atoms with van der Waals surface area (Å²) in [5.41, 5.74) is 1.65. The fraction of sp³-hybridized carbons (Fsp3) is 0.105. The van der Waals surface area contributed by atoms with Crippen molar-refractivity contribution in [2.75, 3.05) is 0 Å². The van der Waals surface area contributed by atoms with Crippen LogP contribution in [0.1, 0.15) is 20.8 Å². The molecule has 0 atom stereocenters. The van der Waals surface area contributed by atoms with Gasteiger partial charge in [-0.25, -0.2) is 4.79 Å². The summed E-state index contributed by atoms with van der Waals surface area (Å²) in [7, 11) is 0. The van der Waals surface area contributed by atoms with Gasteiger partial charge >= 0.3 is 5.97 Å². The third-order valence-corrected chi connectivity index (χ3v) is 4.20. The van der Waals surface area contributed by atoms with Crippen LogP contribution in [0.3, 0.4) is 0 Å². The molecule has 2 aromatic carbocycles. The molecule has 0 bridgehead atoms. The molecule has 0 aliphatic carbocycles. The Morgan fingerprint density at radius 3 is 2.22 bits per heavy atom. The van der Waals surface area contributed by atoms with Crippen LogP contribution in [-0.4, -0.2) is 11.0 Å². The molecule has 0 radical (unpaired) electrons. The van der Waals surface area contributed by atoms with E-state index >= 15 is 0 Å². The fourth-order valence-electron chi connectivity index (χ4n) is 2.23. The van der Waals surface area contributed by atoms with Gasteiger partial charge in [-0.1, -0.05) is 54.6 Å². The summed E-state index contributed by atoms with van der Waals surface area (Å²) in [6.45, 7) is 1.13. The lowest BCUT2D eigenvalue weighted by Crippen LogP contribution is -2.26. The van der Waals surface area contributed by atoms with Gasteiger partial charge in [0.15, 0.2) is 0 Å². The van der Waals surface area contributed by atoms with E-state index < -0.39 is 0 Å². The van der Waals surface area contributed by atoms with Crippen molar-refractivity contribution < 1.29 is 9.63 Å². The Bertz CT molecular complexity index is 727. The van der Waals surface area contributed by atoms with Crippen molar-refractivity contribution in [3.05, 3.63) is 94.2 Å². The van der Waals surface area contributed by atoms with Gasteiger partial charge in [0.2, 0.25) is 0 Å². The Balaban J connectivity index is 1.73. The van der Waals surface area contributed by atoms with Gasteiger partial charge in [-0.3, -0.25) is 0 Å². The molecule has 0 spiro atoms. The molecule has 1 heterocycles. The van der Waals surface area contributed by atoms with Crippen LogP contribution in [0.5, 0.6) is 0 Å². The minimum absolute atomic E-state index is 0.335. The van der Waals surface area contributed by atoms with Crippen LogP contribution < -0.4 is 0 Å². The topological polar surface area (TPSA) is 29.5 Å². The zero-order valence-corrected chi connectivity index (χ0v) is 13.4. The monoisotopic (exact) mass is 323 g/mol. The maximum absolute atomic E-state index is 12.3. The highest BCUT2D eigenvalue weighted by Crippen LogP contribution is 2.16. The van der Waals surface area contributed by atoms with Crippen LogP contribution in [0.4, 0.5) is 0 Å². The van der Waals surface area contributed by atoms with Gasteiger partial charge < -0.3 is 4.84 Å². The van der Waals surface area contributed by atoms with Crippen LogP contribution in [0.25, 0.3) is 0 Å². The SMILES string of the molecule is O=C(ON(Cc1ccccc1)Cc1cccs1)c1ccccc1. The first-order valence-corrected chi connectivity index (χ1v) is 8.28. The van der Waals surface area contributed by atoms with Gasteiger partial charge in [0.25, 0.3) is 0 Å². The van der Waals surface area contributed by atoms with Crippen LogP contribution in [-0.2, 0) is 17.9 Å². The number of nitrogens with zero attached hydrogens (tertiary/aromatic N) is 1. The number of thiophene rings is 1. The highest BCUT2D eigenvalue weighted by atomic mass is 32.1. The smallest absolute Gasteiger partial charge is 0.357 e. The van der Waals surface area contributed by atoms with Crippen LogP contribution >= 0.6 is 11.3 Å². The van der Waals surface area contributed by atoms with Gasteiger partial charge in [-0.05, 0) is 29.1 Å². The van der Waals surface area contributed by atoms with Gasteiger partial charge in [0, 0.05) is 4.88 Å². The Morgan fingerprint density at radius 1 is 0.870 bits per heavy atom. The lowest BCUT2D eigenvalue weighted by atomic mass is 10.2. The summed E-state index contributed by atoms with van der Waals surface area (Å²) >= 11 is 1.65. The van der Waals surface area contributed by atoms with E-state index in [0.29, 0.717) is 18.7 Å². The van der Waals surface area contributed by atoms with Crippen molar-refractivity contribution in [2.24, 2.45) is 0 Å². The van der Waals surface area contributed by atoms with E-state index in [1.54, 1.807) is 28.5 Å². The molecule has 0 aliphatic rings. The molecular weight excluding hydrogens is 306 g/mol. The van der Waals surface area contributed by atoms with E-state index in [1.165, 1.54) is 0 Å². The Hall–Kier alpha value is -2.43. The molecule has 3 nitrogen and oxygen atoms in total. The number of carbonyl (C=O) groups is 1. The number of rotatable bonds is 6. The van der Waals surface area contributed by atoms with Crippen molar-refractivity contribution >= 4 is 17.3 Å². The second kappa shape index (κ2) is 7.72. The minimum Gasteiger partial charge on any atom is -0.363 e. The van der Waals surface area contributed by atoms with Crippen LogP contribution in [0.15, 0.2) is 78.2 Å². The molecule has 0 fully saturated rings. The predicted molar refractivity (Wildman–Crippen MR) is 91.9 cm³/mol. The van der Waals surface area contributed by atoms with Crippen molar-refractivity contribution in [1.82, 2.24) is 5.06 Å². The average Bonchev–Trinajstić information content (AvgIpc) is 3.09. The molecule has 4 heteroatoms. The van der Waals surface area contributed by atoms with Gasteiger partial charge in [-0.15, -0.1) is 16.4 Å². The number of carbonyl (C=O) groups excluding carboxylic acids is 1. The molecular formula is C19H17NO2S. The largest absolute Gasteiger partial charge is 0.363 e. The van der Waals surface area contributed by atoms with Crippen molar-refractivity contribution in [3.63, 3.8) is 0 Å². The maximum atomic E-state index is 12.3. The van der Waals surface area contributed by atoms with Crippen molar-refractivity contribution in [3.8, 4) is 0 Å². The second-order valence-corrected chi connectivity index (χ2v) is 6.14. The summed E-state index contributed by atoms with van der Waals surface area (Å²) in [6.07, 6.45) is 0. The molecule has 0 aliphatic heterocycles. The lowest BCUT2D eigenvalue weighted by molar-refractivity contribution is -0.123. The van der Waals surface area contributed by atoms with Gasteiger partial charge in [0.1, 0.15) is 0 Å². The molecule has 3 rings (SSSR count). The first-order chi connectivity index (χ1) is 11.3. The Labute approximate surface area is 139 Å². The summed E-state index contributed by atoms with van der Waals surface area (Å²) in [5.74, 6) is -0.335. The van der Waals surface area contributed by atoms with Crippen molar-refractivity contribution in [1.29, 1.82) is 0 Å². The fourth-order valence-corrected chi connectivity index (χ4v) is 2.94. The first kappa shape index (κ1) is 15.5. The van der Waals surface area contributed by atoms with E-state index in [9.17, 15) is 4.79 Å². The van der Waals surface area contributed by atoms with E-state index in [1.807, 2.05) is 66.0 Å². The Kier molecular flexibility index (Phi) is 5.19. The van der Waals surface area contributed by atoms with Crippen LogP contribution in [0, 0.1) is 0 Å². The average molecular weight is 323 g/mol. The first-order valence-electron chi connectivity index (χ1n) is 7.40. The number of hydroxylamine groups is 2. The van der Waals surface area contributed by atoms with Crippen molar-refractivity contribution in [2.45, 2.75) is 13.1 Å². The third-order valence-electron chi connectivity index (χ3n) is 3.34. The quantitative estimate of drug-likeness (QED) is 0.625. The molecule has 0 N–H and O–H groups in total. The molecule has 23 heavy (non-hydrogen) atoms. The highest BCUT2D eigenvalue weighted by Gasteiger charge is 2.15. The zero-order chi connectivity index (χ0) is 15.9. The maximum Gasteiger partial charge on any atom is 0.357 e. The van der Waals surface area contributed by atoms with E-state index in [4.69, 9.17) is 4.84 Å². The number of hydrogen-bond donors (Lipinski definition) is 0. The minimum atomic E-state index is -0.335. The molecule has 1 aromatic heterocycles. The van der Waals surface area contributed by atoms with Crippen LogP contribution in [0.2, 0.25) is 0 Å². The van der Waals surface area contributed by atoms with E-state index in [-0.39, 0.29) is 5.97 Å². The zero-order valence-electron chi connectivity index (χ0n) is 12.6. The van der Waals surface area contributed by atoms with Gasteiger partial charge in [-0.2, -0.15) is 0 Å². The standard InChI is InChI=1S/C19H17NO2S/c21-19(17-10-5-2-6-11-17)22-20(15-18-12-7-13-23-18)14-16-8-3-1-4-9-16/h1-13H,14-15H2. The van der Waals surface area contributed by atoms with Gasteiger partial charge in [0.05, 0.1) is 18.7 Å². The molecule has 0 saturated heterocycles. The number of benzene rings is 2. The van der Waals surface area contributed by atoms with E-state index in [2.05, 4.69) is 0 Å². The molecule has 116 valence electrons. The van der Waals surface area contributed by atoms with E-state index in [0.717, 1.165) is 10.4 Å².